The first-order valence-electron chi connectivity index (χ1n) is 4.89. The molecule has 13 heavy (non-hydrogen) atoms. The van der Waals surface area contributed by atoms with E-state index in [2.05, 4.69) is 0 Å². The van der Waals surface area contributed by atoms with Crippen LogP contribution in [-0.2, 0) is 14.2 Å². The van der Waals surface area contributed by atoms with Crippen molar-refractivity contribution in [2.24, 2.45) is 0 Å². The fourth-order valence-corrected chi connectivity index (χ4v) is 1.97. The van der Waals surface area contributed by atoms with Gasteiger partial charge in [0, 0.05) is 34.2 Å². The van der Waals surface area contributed by atoms with Crippen molar-refractivity contribution < 1.29 is 14.2 Å². The van der Waals surface area contributed by atoms with Crippen molar-refractivity contribution in [2.75, 3.05) is 21.3 Å². The van der Waals surface area contributed by atoms with E-state index >= 15 is 0 Å². The predicted molar refractivity (Wildman–Crippen MR) is 50.6 cm³/mol. The third kappa shape index (κ3) is 2.66. The van der Waals surface area contributed by atoms with Gasteiger partial charge in [-0.05, 0) is 12.8 Å². The maximum atomic E-state index is 5.44. The Morgan fingerprint density at radius 3 is 2.31 bits per heavy atom. The summed E-state index contributed by atoms with van der Waals surface area (Å²) < 4.78 is 16.2. The highest BCUT2D eigenvalue weighted by molar-refractivity contribution is 4.78. The predicted octanol–water partition coefficient (Wildman–Crippen LogP) is 1.95. The normalized spacial score (nSPS) is 28.4. The largest absolute Gasteiger partial charge is 0.381 e. The Morgan fingerprint density at radius 1 is 1.08 bits per heavy atom. The number of methoxy groups -OCH3 is 3. The van der Waals surface area contributed by atoms with Gasteiger partial charge in [0.05, 0.1) is 6.10 Å². The van der Waals surface area contributed by atoms with Crippen LogP contribution >= 0.6 is 0 Å². The maximum Gasteiger partial charge on any atom is 0.169 e. The van der Waals surface area contributed by atoms with Gasteiger partial charge in [-0.25, -0.2) is 0 Å². The van der Waals surface area contributed by atoms with Crippen LogP contribution in [-0.4, -0.2) is 33.2 Å². The Hall–Kier alpha value is -0.120. The van der Waals surface area contributed by atoms with Crippen LogP contribution in [0.1, 0.15) is 32.1 Å². The highest BCUT2D eigenvalue weighted by Gasteiger charge is 2.34. The molecule has 1 atom stereocenters. The molecule has 0 saturated heterocycles. The number of hydrogen-bond donors (Lipinski definition) is 0. The molecule has 3 heteroatoms. The van der Waals surface area contributed by atoms with Gasteiger partial charge in [-0.15, -0.1) is 0 Å². The zero-order valence-electron chi connectivity index (χ0n) is 8.84. The Balaban J connectivity index is 2.60. The summed E-state index contributed by atoms with van der Waals surface area (Å²) in [6, 6.07) is 0. The van der Waals surface area contributed by atoms with Gasteiger partial charge in [0.1, 0.15) is 0 Å². The third-order valence-corrected chi connectivity index (χ3v) is 2.95. The Kier molecular flexibility index (Phi) is 4.16. The van der Waals surface area contributed by atoms with Crippen molar-refractivity contribution in [1.29, 1.82) is 0 Å². The molecule has 1 fully saturated rings. The molecular weight excluding hydrogens is 168 g/mol. The van der Waals surface area contributed by atoms with Crippen LogP contribution in [0.5, 0.6) is 0 Å². The summed E-state index contributed by atoms with van der Waals surface area (Å²) in [4.78, 5) is 0. The second kappa shape index (κ2) is 4.94. The van der Waals surface area contributed by atoms with Gasteiger partial charge in [-0.3, -0.25) is 0 Å². The summed E-state index contributed by atoms with van der Waals surface area (Å²) in [5.41, 5.74) is 0. The first-order chi connectivity index (χ1) is 6.26. The summed E-state index contributed by atoms with van der Waals surface area (Å²) in [6.45, 7) is 0. The van der Waals surface area contributed by atoms with Gasteiger partial charge in [0.25, 0.3) is 0 Å². The smallest absolute Gasteiger partial charge is 0.169 e. The van der Waals surface area contributed by atoms with Crippen LogP contribution < -0.4 is 0 Å². The van der Waals surface area contributed by atoms with Gasteiger partial charge < -0.3 is 14.2 Å². The molecule has 0 aromatic heterocycles. The highest BCUT2D eigenvalue weighted by atomic mass is 16.7. The zero-order valence-corrected chi connectivity index (χ0v) is 8.84. The molecule has 0 N–H and O–H groups in total. The Labute approximate surface area is 80.4 Å². The Morgan fingerprint density at radius 2 is 1.77 bits per heavy atom. The molecule has 0 radical (unpaired) electrons. The summed E-state index contributed by atoms with van der Waals surface area (Å²) in [5, 5.41) is 0. The molecule has 0 heterocycles. The van der Waals surface area contributed by atoms with E-state index in [9.17, 15) is 0 Å². The van der Waals surface area contributed by atoms with Crippen molar-refractivity contribution in [3.63, 3.8) is 0 Å². The lowest BCUT2D eigenvalue weighted by molar-refractivity contribution is -0.224. The van der Waals surface area contributed by atoms with Crippen LogP contribution in [0.2, 0.25) is 0 Å². The number of rotatable bonds is 3. The third-order valence-electron chi connectivity index (χ3n) is 2.95. The topological polar surface area (TPSA) is 27.7 Å². The van der Waals surface area contributed by atoms with E-state index in [-0.39, 0.29) is 6.10 Å². The van der Waals surface area contributed by atoms with Crippen LogP contribution in [0.4, 0.5) is 0 Å². The molecular formula is C10H20O3. The fourth-order valence-electron chi connectivity index (χ4n) is 1.97. The minimum atomic E-state index is -0.406. The van der Waals surface area contributed by atoms with Crippen LogP contribution in [0.15, 0.2) is 0 Å². The summed E-state index contributed by atoms with van der Waals surface area (Å²) in [6.07, 6.45) is 5.57. The van der Waals surface area contributed by atoms with Crippen molar-refractivity contribution in [3.8, 4) is 0 Å². The molecule has 0 spiro atoms. The quantitative estimate of drug-likeness (QED) is 0.500. The van der Waals surface area contributed by atoms with E-state index in [0.717, 1.165) is 25.7 Å². The fraction of sp³-hybridized carbons (Fsp3) is 1.00. The SMILES string of the molecule is COC1CCCCC(OC)(OC)C1. The molecule has 1 saturated carbocycles. The van der Waals surface area contributed by atoms with Crippen molar-refractivity contribution >= 4 is 0 Å². The number of hydrogen-bond acceptors (Lipinski definition) is 3. The minimum Gasteiger partial charge on any atom is -0.381 e. The van der Waals surface area contributed by atoms with Crippen LogP contribution in [0, 0.1) is 0 Å². The lowest BCUT2D eigenvalue weighted by Gasteiger charge is -2.31. The summed E-state index contributed by atoms with van der Waals surface area (Å²) >= 11 is 0. The van der Waals surface area contributed by atoms with Crippen molar-refractivity contribution in [3.05, 3.63) is 0 Å². The van der Waals surface area contributed by atoms with Crippen molar-refractivity contribution in [2.45, 2.75) is 44.0 Å². The molecule has 78 valence electrons. The van der Waals surface area contributed by atoms with E-state index in [0.29, 0.717) is 0 Å². The van der Waals surface area contributed by atoms with Gasteiger partial charge in [0.15, 0.2) is 5.79 Å². The minimum absolute atomic E-state index is 0.280. The van der Waals surface area contributed by atoms with Crippen molar-refractivity contribution in [1.82, 2.24) is 0 Å². The van der Waals surface area contributed by atoms with Gasteiger partial charge >= 0.3 is 0 Å². The van der Waals surface area contributed by atoms with Gasteiger partial charge in [0.2, 0.25) is 0 Å². The van der Waals surface area contributed by atoms with E-state index in [1.54, 1.807) is 21.3 Å². The van der Waals surface area contributed by atoms with E-state index in [1.807, 2.05) is 0 Å². The summed E-state index contributed by atoms with van der Waals surface area (Å²) in [7, 11) is 5.18. The molecule has 3 nitrogen and oxygen atoms in total. The molecule has 0 bridgehead atoms. The molecule has 1 aliphatic carbocycles. The average molecular weight is 188 g/mol. The second-order valence-corrected chi connectivity index (χ2v) is 3.63. The first-order valence-corrected chi connectivity index (χ1v) is 4.89. The molecule has 0 aliphatic heterocycles. The first kappa shape index (κ1) is 11.0. The Bertz CT molecular complexity index is 143. The lowest BCUT2D eigenvalue weighted by atomic mass is 10.1. The lowest BCUT2D eigenvalue weighted by Crippen LogP contribution is -2.36. The average Bonchev–Trinajstić information content (AvgIpc) is 2.40. The molecule has 1 rings (SSSR count). The zero-order chi connectivity index (χ0) is 9.73. The monoisotopic (exact) mass is 188 g/mol. The molecule has 0 amide bonds. The molecule has 1 unspecified atom stereocenters. The van der Waals surface area contributed by atoms with E-state index in [4.69, 9.17) is 14.2 Å². The molecule has 0 aromatic rings. The molecule has 1 aliphatic rings. The maximum absolute atomic E-state index is 5.44. The van der Waals surface area contributed by atoms with E-state index in [1.165, 1.54) is 6.42 Å². The standard InChI is InChI=1S/C10H20O3/c1-11-9-6-4-5-7-10(8-9,12-2)13-3/h9H,4-8H2,1-3H3. The highest BCUT2D eigenvalue weighted by Crippen LogP contribution is 2.31. The summed E-state index contributed by atoms with van der Waals surface area (Å²) in [5.74, 6) is -0.406. The van der Waals surface area contributed by atoms with Crippen LogP contribution in [0.3, 0.4) is 0 Å². The van der Waals surface area contributed by atoms with Gasteiger partial charge in [-0.1, -0.05) is 6.42 Å². The van der Waals surface area contributed by atoms with Gasteiger partial charge in [-0.2, -0.15) is 0 Å². The molecule has 0 aromatic carbocycles. The number of ether oxygens (including phenoxy) is 3. The van der Waals surface area contributed by atoms with Crippen LogP contribution in [0.25, 0.3) is 0 Å². The second-order valence-electron chi connectivity index (χ2n) is 3.63. The van der Waals surface area contributed by atoms with E-state index < -0.39 is 5.79 Å².